The summed E-state index contributed by atoms with van der Waals surface area (Å²) in [6.07, 6.45) is 6.00. The van der Waals surface area contributed by atoms with Gasteiger partial charge in [0.05, 0.1) is 18.1 Å². The molecule has 4 nitrogen and oxygen atoms in total. The van der Waals surface area contributed by atoms with Gasteiger partial charge in [-0.25, -0.2) is 4.98 Å². The number of benzene rings is 1. The molecule has 1 aromatic heterocycles. The van der Waals surface area contributed by atoms with Crippen molar-refractivity contribution < 1.29 is 0 Å². The Morgan fingerprint density at radius 3 is 2.35 bits per heavy atom. The molecular formula is C16H22N4. The molecule has 3 rings (SSSR count). The lowest BCUT2D eigenvalue weighted by molar-refractivity contribution is 0.204. The molecular weight excluding hydrogens is 248 g/mol. The van der Waals surface area contributed by atoms with E-state index in [2.05, 4.69) is 38.7 Å². The van der Waals surface area contributed by atoms with Gasteiger partial charge in [-0.15, -0.1) is 0 Å². The van der Waals surface area contributed by atoms with Gasteiger partial charge in [-0.2, -0.15) is 0 Å². The number of fused-ring (bicyclic) bond motifs is 1. The minimum Gasteiger partial charge on any atom is -0.336 e. The van der Waals surface area contributed by atoms with Crippen LogP contribution in [0.3, 0.4) is 0 Å². The SMILES string of the molecule is Cn1cncc1C(CN)N1CCc2ccccc2CC1. The number of hydrogen-bond donors (Lipinski definition) is 1. The van der Waals surface area contributed by atoms with Crippen LogP contribution in [-0.4, -0.2) is 34.1 Å². The summed E-state index contributed by atoms with van der Waals surface area (Å²) >= 11 is 0. The van der Waals surface area contributed by atoms with Gasteiger partial charge in [0.1, 0.15) is 0 Å². The van der Waals surface area contributed by atoms with Crippen LogP contribution in [0, 0.1) is 0 Å². The van der Waals surface area contributed by atoms with E-state index in [0.29, 0.717) is 6.54 Å². The third kappa shape index (κ3) is 2.49. The standard InChI is InChI=1S/C16H22N4/c1-19-12-18-11-16(19)15(10-17)20-8-6-13-4-2-3-5-14(13)7-9-20/h2-5,11-12,15H,6-10,17H2,1H3. The summed E-state index contributed by atoms with van der Waals surface area (Å²) in [5.41, 5.74) is 10.2. The molecule has 0 fully saturated rings. The number of imidazole rings is 1. The number of rotatable bonds is 3. The Balaban J connectivity index is 1.80. The molecule has 1 aliphatic heterocycles. The monoisotopic (exact) mass is 270 g/mol. The van der Waals surface area contributed by atoms with E-state index in [1.54, 1.807) is 0 Å². The first-order valence-corrected chi connectivity index (χ1v) is 7.26. The Morgan fingerprint density at radius 2 is 1.85 bits per heavy atom. The zero-order chi connectivity index (χ0) is 13.9. The van der Waals surface area contributed by atoms with E-state index in [-0.39, 0.29) is 6.04 Å². The fraction of sp³-hybridized carbons (Fsp3) is 0.438. The van der Waals surface area contributed by atoms with Gasteiger partial charge in [0.25, 0.3) is 0 Å². The number of aryl methyl sites for hydroxylation is 1. The average Bonchev–Trinajstić information content (AvgIpc) is 2.77. The summed E-state index contributed by atoms with van der Waals surface area (Å²) in [5, 5.41) is 0. The predicted molar refractivity (Wildman–Crippen MR) is 80.4 cm³/mol. The van der Waals surface area contributed by atoms with Gasteiger partial charge >= 0.3 is 0 Å². The van der Waals surface area contributed by atoms with Crippen molar-refractivity contribution in [3.05, 3.63) is 53.6 Å². The lowest BCUT2D eigenvalue weighted by atomic mass is 10.0. The van der Waals surface area contributed by atoms with E-state index in [4.69, 9.17) is 5.73 Å². The van der Waals surface area contributed by atoms with Crippen LogP contribution in [-0.2, 0) is 19.9 Å². The topological polar surface area (TPSA) is 47.1 Å². The van der Waals surface area contributed by atoms with Crippen molar-refractivity contribution in [1.29, 1.82) is 0 Å². The summed E-state index contributed by atoms with van der Waals surface area (Å²) in [6, 6.07) is 9.03. The van der Waals surface area contributed by atoms with Crippen molar-refractivity contribution in [2.45, 2.75) is 18.9 Å². The maximum atomic E-state index is 6.04. The fourth-order valence-corrected chi connectivity index (χ4v) is 3.14. The first-order valence-electron chi connectivity index (χ1n) is 7.26. The Labute approximate surface area is 120 Å². The molecule has 0 saturated heterocycles. The van der Waals surface area contributed by atoms with Gasteiger partial charge in [-0.1, -0.05) is 24.3 Å². The molecule has 2 aromatic rings. The van der Waals surface area contributed by atoms with Crippen molar-refractivity contribution in [2.24, 2.45) is 12.8 Å². The average molecular weight is 270 g/mol. The van der Waals surface area contributed by atoms with Crippen molar-refractivity contribution >= 4 is 0 Å². The smallest absolute Gasteiger partial charge is 0.0946 e. The second-order valence-electron chi connectivity index (χ2n) is 5.49. The molecule has 4 heteroatoms. The molecule has 0 aliphatic carbocycles. The van der Waals surface area contributed by atoms with Gasteiger partial charge in [0.15, 0.2) is 0 Å². The van der Waals surface area contributed by atoms with Gasteiger partial charge < -0.3 is 10.3 Å². The Kier molecular flexibility index (Phi) is 3.85. The van der Waals surface area contributed by atoms with Crippen molar-refractivity contribution in [3.63, 3.8) is 0 Å². The van der Waals surface area contributed by atoms with Crippen molar-refractivity contribution in [3.8, 4) is 0 Å². The summed E-state index contributed by atoms with van der Waals surface area (Å²) in [4.78, 5) is 6.73. The molecule has 0 radical (unpaired) electrons. The first-order chi connectivity index (χ1) is 9.79. The van der Waals surface area contributed by atoms with E-state index < -0.39 is 0 Å². The largest absolute Gasteiger partial charge is 0.336 e. The minimum atomic E-state index is 0.261. The summed E-state index contributed by atoms with van der Waals surface area (Å²) < 4.78 is 2.08. The van der Waals surface area contributed by atoms with Crippen LogP contribution in [0.5, 0.6) is 0 Å². The molecule has 2 N–H and O–H groups in total. The van der Waals surface area contributed by atoms with E-state index in [0.717, 1.165) is 25.9 Å². The van der Waals surface area contributed by atoms with Crippen LogP contribution in [0.4, 0.5) is 0 Å². The molecule has 106 valence electrons. The van der Waals surface area contributed by atoms with Crippen LogP contribution in [0.1, 0.15) is 22.9 Å². The summed E-state index contributed by atoms with van der Waals surface area (Å²) in [7, 11) is 2.04. The molecule has 0 bridgehead atoms. The van der Waals surface area contributed by atoms with Crippen LogP contribution in [0.15, 0.2) is 36.8 Å². The highest BCUT2D eigenvalue weighted by molar-refractivity contribution is 5.28. The second kappa shape index (κ2) is 5.77. The van der Waals surface area contributed by atoms with E-state index >= 15 is 0 Å². The van der Waals surface area contributed by atoms with Gasteiger partial charge in [0.2, 0.25) is 0 Å². The highest BCUT2D eigenvalue weighted by atomic mass is 15.2. The summed E-state index contributed by atoms with van der Waals surface area (Å²) in [5.74, 6) is 0. The molecule has 20 heavy (non-hydrogen) atoms. The van der Waals surface area contributed by atoms with Crippen LogP contribution >= 0.6 is 0 Å². The third-order valence-corrected chi connectivity index (χ3v) is 4.31. The van der Waals surface area contributed by atoms with E-state index in [1.165, 1.54) is 16.8 Å². The highest BCUT2D eigenvalue weighted by Gasteiger charge is 2.23. The maximum absolute atomic E-state index is 6.04. The van der Waals surface area contributed by atoms with Gasteiger partial charge in [-0.3, -0.25) is 4.90 Å². The number of nitrogens with two attached hydrogens (primary N) is 1. The highest BCUT2D eigenvalue weighted by Crippen LogP contribution is 2.23. The zero-order valence-electron chi connectivity index (χ0n) is 12.0. The molecule has 1 aliphatic rings. The Hall–Kier alpha value is -1.65. The molecule has 1 atom stereocenters. The van der Waals surface area contributed by atoms with E-state index in [1.807, 2.05) is 19.6 Å². The lowest BCUT2D eigenvalue weighted by Crippen LogP contribution is -2.36. The number of hydrogen-bond acceptors (Lipinski definition) is 3. The van der Waals surface area contributed by atoms with Crippen molar-refractivity contribution in [1.82, 2.24) is 14.5 Å². The maximum Gasteiger partial charge on any atom is 0.0946 e. The normalized spacial score (nSPS) is 17.5. The molecule has 0 spiro atoms. The third-order valence-electron chi connectivity index (χ3n) is 4.31. The molecule has 0 amide bonds. The molecule has 2 heterocycles. The van der Waals surface area contributed by atoms with Gasteiger partial charge in [0, 0.05) is 32.9 Å². The molecule has 1 unspecified atom stereocenters. The summed E-state index contributed by atoms with van der Waals surface area (Å²) in [6.45, 7) is 2.75. The van der Waals surface area contributed by atoms with Crippen LogP contribution in [0.2, 0.25) is 0 Å². The molecule has 1 aromatic carbocycles. The first kappa shape index (κ1) is 13.3. The fourth-order valence-electron chi connectivity index (χ4n) is 3.14. The van der Waals surface area contributed by atoms with Crippen LogP contribution < -0.4 is 5.73 Å². The molecule has 0 saturated carbocycles. The second-order valence-corrected chi connectivity index (χ2v) is 5.49. The minimum absolute atomic E-state index is 0.261. The van der Waals surface area contributed by atoms with Crippen molar-refractivity contribution in [2.75, 3.05) is 19.6 Å². The Bertz CT molecular complexity index is 548. The lowest BCUT2D eigenvalue weighted by Gasteiger charge is -2.29. The Morgan fingerprint density at radius 1 is 1.20 bits per heavy atom. The van der Waals surface area contributed by atoms with Crippen LogP contribution in [0.25, 0.3) is 0 Å². The van der Waals surface area contributed by atoms with E-state index in [9.17, 15) is 0 Å². The quantitative estimate of drug-likeness (QED) is 0.920. The van der Waals surface area contributed by atoms with Gasteiger partial charge in [-0.05, 0) is 24.0 Å². The predicted octanol–water partition coefficient (Wildman–Crippen LogP) is 1.52. The zero-order valence-corrected chi connectivity index (χ0v) is 12.0. The number of aromatic nitrogens is 2. The number of nitrogens with zero attached hydrogens (tertiary/aromatic N) is 3.